The summed E-state index contributed by atoms with van der Waals surface area (Å²) in [5.41, 5.74) is -0.812. The minimum Gasteiger partial charge on any atom is -0.396 e. The highest BCUT2D eigenvalue weighted by Gasteiger charge is 2.20. The average Bonchev–Trinajstić information content (AvgIpc) is 2.26. The number of halogens is 3. The van der Waals surface area contributed by atoms with Crippen LogP contribution >= 0.6 is 0 Å². The first-order chi connectivity index (χ1) is 8.49. The summed E-state index contributed by atoms with van der Waals surface area (Å²) < 4.78 is 39.3. The van der Waals surface area contributed by atoms with Gasteiger partial charge in [-0.3, -0.25) is 4.79 Å². The molecule has 1 amide bonds. The molecule has 18 heavy (non-hydrogen) atoms. The largest absolute Gasteiger partial charge is 0.396 e. The Morgan fingerprint density at radius 1 is 1.33 bits per heavy atom. The molecule has 0 saturated carbocycles. The molecule has 0 heterocycles. The van der Waals surface area contributed by atoms with E-state index >= 15 is 0 Å². The van der Waals surface area contributed by atoms with E-state index in [0.29, 0.717) is 18.6 Å². The molecule has 0 aromatic heterocycles. The van der Waals surface area contributed by atoms with Gasteiger partial charge >= 0.3 is 0 Å². The van der Waals surface area contributed by atoms with Crippen LogP contribution in [0.4, 0.5) is 13.2 Å². The molecule has 3 nitrogen and oxygen atoms in total. The lowest BCUT2D eigenvalue weighted by Crippen LogP contribution is -2.36. The van der Waals surface area contributed by atoms with Crippen molar-refractivity contribution in [3.05, 3.63) is 35.1 Å². The van der Waals surface area contributed by atoms with Gasteiger partial charge in [0.15, 0.2) is 0 Å². The van der Waals surface area contributed by atoms with Gasteiger partial charge in [0, 0.05) is 24.8 Å². The van der Waals surface area contributed by atoms with E-state index in [9.17, 15) is 18.0 Å². The van der Waals surface area contributed by atoms with Crippen molar-refractivity contribution >= 4 is 5.91 Å². The zero-order valence-electron chi connectivity index (χ0n) is 9.84. The molecule has 1 atom stereocenters. The third-order valence-electron chi connectivity index (χ3n) is 2.54. The summed E-state index contributed by atoms with van der Waals surface area (Å²) in [7, 11) is 0. The third-order valence-corrected chi connectivity index (χ3v) is 2.54. The second-order valence-electron chi connectivity index (χ2n) is 3.84. The Kier molecular flexibility index (Phi) is 5.15. The van der Waals surface area contributed by atoms with Gasteiger partial charge in [-0.1, -0.05) is 6.92 Å². The van der Waals surface area contributed by atoms with Crippen molar-refractivity contribution in [2.24, 2.45) is 0 Å². The highest BCUT2D eigenvalue weighted by molar-refractivity contribution is 5.94. The Bertz CT molecular complexity index is 414. The number of carbonyl (C=O) groups excluding carboxylic acids is 1. The maximum absolute atomic E-state index is 13.3. The predicted molar refractivity (Wildman–Crippen MR) is 59.6 cm³/mol. The van der Waals surface area contributed by atoms with E-state index in [0.717, 1.165) is 0 Å². The lowest BCUT2D eigenvalue weighted by molar-refractivity contribution is 0.0920. The van der Waals surface area contributed by atoms with Crippen LogP contribution in [0.1, 0.15) is 30.1 Å². The second-order valence-corrected chi connectivity index (χ2v) is 3.84. The predicted octanol–water partition coefficient (Wildman–Crippen LogP) is 1.99. The van der Waals surface area contributed by atoms with Crippen molar-refractivity contribution < 1.29 is 23.1 Å². The highest BCUT2D eigenvalue weighted by Crippen LogP contribution is 2.15. The monoisotopic (exact) mass is 261 g/mol. The van der Waals surface area contributed by atoms with Gasteiger partial charge in [0.2, 0.25) is 0 Å². The molecule has 0 aliphatic carbocycles. The summed E-state index contributed by atoms with van der Waals surface area (Å²) in [5.74, 6) is -4.53. The van der Waals surface area contributed by atoms with E-state index < -0.39 is 28.9 Å². The Hall–Kier alpha value is -1.56. The summed E-state index contributed by atoms with van der Waals surface area (Å²) in [6, 6.07) is 0.516. The normalized spacial score (nSPS) is 12.3. The van der Waals surface area contributed by atoms with Crippen molar-refractivity contribution in [1.29, 1.82) is 0 Å². The number of hydrogen-bond acceptors (Lipinski definition) is 2. The number of carbonyl (C=O) groups is 1. The van der Waals surface area contributed by atoms with Gasteiger partial charge in [-0.15, -0.1) is 0 Å². The number of aliphatic hydroxyl groups excluding tert-OH is 1. The maximum Gasteiger partial charge on any atom is 0.257 e. The highest BCUT2D eigenvalue weighted by atomic mass is 19.1. The minimum absolute atomic E-state index is 0.146. The Labute approximate surface area is 103 Å². The van der Waals surface area contributed by atoms with E-state index in [4.69, 9.17) is 5.11 Å². The zero-order chi connectivity index (χ0) is 13.7. The van der Waals surface area contributed by atoms with Gasteiger partial charge in [-0.2, -0.15) is 0 Å². The fourth-order valence-electron chi connectivity index (χ4n) is 1.55. The van der Waals surface area contributed by atoms with Crippen LogP contribution in [-0.2, 0) is 0 Å². The molecule has 1 aromatic carbocycles. The van der Waals surface area contributed by atoms with E-state index in [2.05, 4.69) is 5.32 Å². The number of rotatable bonds is 5. The zero-order valence-corrected chi connectivity index (χ0v) is 9.84. The fraction of sp³-hybridized carbons (Fsp3) is 0.417. The summed E-state index contributed by atoms with van der Waals surface area (Å²) in [5, 5.41) is 11.1. The van der Waals surface area contributed by atoms with Crippen molar-refractivity contribution in [2.75, 3.05) is 6.61 Å². The first-order valence-electron chi connectivity index (χ1n) is 5.55. The van der Waals surface area contributed by atoms with Crippen LogP contribution in [0.25, 0.3) is 0 Å². The molecular formula is C12H14F3NO2. The number of amides is 1. The minimum atomic E-state index is -1.25. The van der Waals surface area contributed by atoms with Crippen LogP contribution in [0.5, 0.6) is 0 Å². The van der Waals surface area contributed by atoms with E-state index in [1.165, 1.54) is 0 Å². The van der Waals surface area contributed by atoms with Crippen molar-refractivity contribution in [3.63, 3.8) is 0 Å². The Morgan fingerprint density at radius 3 is 2.33 bits per heavy atom. The summed E-state index contributed by atoms with van der Waals surface area (Å²) in [6.45, 7) is 1.62. The topological polar surface area (TPSA) is 49.3 Å². The first-order valence-corrected chi connectivity index (χ1v) is 5.55. The molecule has 1 unspecified atom stereocenters. The van der Waals surface area contributed by atoms with Crippen molar-refractivity contribution in [2.45, 2.75) is 25.8 Å². The SMILES string of the molecule is CCC(CCO)NC(=O)c1c(F)cc(F)cc1F. The van der Waals surface area contributed by atoms with E-state index in [1.807, 2.05) is 0 Å². The quantitative estimate of drug-likeness (QED) is 0.851. The summed E-state index contributed by atoms with van der Waals surface area (Å²) in [6.07, 6.45) is 0.795. The van der Waals surface area contributed by atoms with Crippen LogP contribution in [0.2, 0.25) is 0 Å². The Morgan fingerprint density at radius 2 is 1.89 bits per heavy atom. The van der Waals surface area contributed by atoms with Gasteiger partial charge in [-0.25, -0.2) is 13.2 Å². The average molecular weight is 261 g/mol. The van der Waals surface area contributed by atoms with Crippen molar-refractivity contribution in [1.82, 2.24) is 5.32 Å². The van der Waals surface area contributed by atoms with Gasteiger partial charge < -0.3 is 10.4 Å². The van der Waals surface area contributed by atoms with E-state index in [-0.39, 0.29) is 19.1 Å². The van der Waals surface area contributed by atoms with Crippen LogP contribution in [-0.4, -0.2) is 23.7 Å². The molecule has 1 rings (SSSR count). The van der Waals surface area contributed by atoms with Gasteiger partial charge in [-0.05, 0) is 12.8 Å². The first kappa shape index (κ1) is 14.5. The van der Waals surface area contributed by atoms with Crippen LogP contribution in [0.3, 0.4) is 0 Å². The second kappa shape index (κ2) is 6.39. The molecule has 0 saturated heterocycles. The summed E-state index contributed by atoms with van der Waals surface area (Å²) >= 11 is 0. The molecule has 6 heteroatoms. The van der Waals surface area contributed by atoms with Crippen LogP contribution in [0, 0.1) is 17.5 Å². The summed E-state index contributed by atoms with van der Waals surface area (Å²) in [4.78, 5) is 11.6. The number of nitrogens with one attached hydrogen (secondary N) is 1. The molecule has 0 fully saturated rings. The number of aliphatic hydroxyl groups is 1. The lowest BCUT2D eigenvalue weighted by Gasteiger charge is -2.16. The lowest BCUT2D eigenvalue weighted by atomic mass is 10.1. The molecule has 100 valence electrons. The van der Waals surface area contributed by atoms with Gasteiger partial charge in [0.1, 0.15) is 23.0 Å². The molecule has 0 bridgehead atoms. The molecule has 0 radical (unpaired) electrons. The number of hydrogen-bond donors (Lipinski definition) is 2. The molecular weight excluding hydrogens is 247 g/mol. The fourth-order valence-corrected chi connectivity index (χ4v) is 1.55. The van der Waals surface area contributed by atoms with Crippen molar-refractivity contribution in [3.8, 4) is 0 Å². The molecule has 0 spiro atoms. The third kappa shape index (κ3) is 3.46. The van der Waals surface area contributed by atoms with Crippen LogP contribution in [0.15, 0.2) is 12.1 Å². The molecule has 0 aliphatic heterocycles. The number of benzene rings is 1. The maximum atomic E-state index is 13.3. The van der Waals surface area contributed by atoms with Gasteiger partial charge in [0.25, 0.3) is 5.91 Å². The smallest absolute Gasteiger partial charge is 0.257 e. The molecule has 2 N–H and O–H groups in total. The standard InChI is InChI=1S/C12H14F3NO2/c1-2-8(3-4-17)16-12(18)11-9(14)5-7(13)6-10(11)15/h5-6,8,17H,2-4H2,1H3,(H,16,18). The van der Waals surface area contributed by atoms with Gasteiger partial charge in [0.05, 0.1) is 0 Å². The van der Waals surface area contributed by atoms with E-state index in [1.54, 1.807) is 6.92 Å². The van der Waals surface area contributed by atoms with Crippen LogP contribution < -0.4 is 5.32 Å². The Balaban J connectivity index is 2.90. The molecule has 1 aromatic rings. The molecule has 0 aliphatic rings.